The molecule has 1 aromatic carbocycles. The first kappa shape index (κ1) is 16.7. The van der Waals surface area contributed by atoms with Crippen LogP contribution in [-0.2, 0) is 14.6 Å². The summed E-state index contributed by atoms with van der Waals surface area (Å²) in [6, 6.07) is 7.14. The molecule has 1 saturated carbocycles. The van der Waals surface area contributed by atoms with Gasteiger partial charge in [0.05, 0.1) is 22.3 Å². The monoisotopic (exact) mass is 347 g/mol. The number of nitrogens with two attached hydrogens (primary N) is 1. The molecule has 0 saturated heterocycles. The average molecular weight is 348 g/mol. The molecule has 1 aliphatic carbocycles. The Kier molecular flexibility index (Phi) is 4.63. The van der Waals surface area contributed by atoms with Crippen molar-refractivity contribution >= 4 is 38.6 Å². The minimum absolute atomic E-state index is 0.177. The van der Waals surface area contributed by atoms with Crippen molar-refractivity contribution < 1.29 is 13.2 Å². The molecule has 0 aliphatic heterocycles. The Bertz CT molecular complexity index is 662. The first-order chi connectivity index (χ1) is 9.75. The second kappa shape index (κ2) is 5.83. The molecule has 21 heavy (non-hydrogen) atoms. The minimum Gasteiger partial charge on any atom is -0.393 e. The van der Waals surface area contributed by atoms with E-state index in [9.17, 15) is 8.42 Å². The summed E-state index contributed by atoms with van der Waals surface area (Å²) in [5, 5.41) is -0.104. The number of hydrogen-bond donors (Lipinski definition) is 1. The van der Waals surface area contributed by atoms with Gasteiger partial charge < -0.3 is 10.5 Å². The molecule has 2 rings (SSSR count). The van der Waals surface area contributed by atoms with Crippen molar-refractivity contribution in [2.45, 2.75) is 18.1 Å². The number of hydrogen-bond acceptors (Lipinski definition) is 4. The van der Waals surface area contributed by atoms with E-state index < -0.39 is 20.5 Å². The Morgan fingerprint density at radius 2 is 2.19 bits per heavy atom. The number of rotatable bonds is 6. The van der Waals surface area contributed by atoms with Crippen LogP contribution in [0.4, 0.5) is 0 Å². The normalized spacial score (nSPS) is 28.3. The fourth-order valence-electron chi connectivity index (χ4n) is 3.01. The maximum absolute atomic E-state index is 12.1. The van der Waals surface area contributed by atoms with Crippen molar-refractivity contribution in [1.29, 1.82) is 0 Å². The molecule has 7 heteroatoms. The topological polar surface area (TPSA) is 69.4 Å². The van der Waals surface area contributed by atoms with E-state index in [2.05, 4.69) is 0 Å². The molecular weight excluding hydrogens is 330 g/mol. The van der Waals surface area contributed by atoms with Gasteiger partial charge in [0.2, 0.25) is 0 Å². The van der Waals surface area contributed by atoms with Crippen molar-refractivity contribution in [2.24, 2.45) is 11.1 Å². The highest BCUT2D eigenvalue weighted by molar-refractivity contribution is 7.92. The maximum Gasteiger partial charge on any atom is 0.152 e. The quantitative estimate of drug-likeness (QED) is 0.798. The van der Waals surface area contributed by atoms with Crippen LogP contribution in [0.25, 0.3) is 0 Å². The lowest BCUT2D eigenvalue weighted by Crippen LogP contribution is -2.33. The van der Waals surface area contributed by atoms with Crippen LogP contribution in [0.5, 0.6) is 0 Å². The molecule has 1 fully saturated rings. The summed E-state index contributed by atoms with van der Waals surface area (Å²) in [5.41, 5.74) is 5.86. The summed E-state index contributed by atoms with van der Waals surface area (Å²) in [4.78, 5) is 0.177. The summed E-state index contributed by atoms with van der Waals surface area (Å²) in [7, 11) is -3.31. The van der Waals surface area contributed by atoms with Gasteiger partial charge in [0.25, 0.3) is 0 Å². The van der Waals surface area contributed by atoms with Gasteiger partial charge in [0.1, 0.15) is 0 Å². The van der Waals surface area contributed by atoms with Crippen molar-refractivity contribution in [3.8, 4) is 0 Å². The smallest absolute Gasteiger partial charge is 0.152 e. The minimum atomic E-state index is -3.31. The van der Waals surface area contributed by atoms with Crippen LogP contribution in [0, 0.1) is 5.41 Å². The second-order valence-corrected chi connectivity index (χ2v) is 8.37. The predicted molar refractivity (Wildman–Crippen MR) is 88.5 cm³/mol. The van der Waals surface area contributed by atoms with E-state index in [0.717, 1.165) is 5.56 Å². The predicted octanol–water partition coefficient (Wildman–Crippen LogP) is 2.16. The number of ether oxygens (including phenoxy) is 1. The number of thiocarbonyl (C=S) groups is 1. The van der Waals surface area contributed by atoms with Crippen LogP contribution >= 0.6 is 23.8 Å². The molecule has 0 radical (unpaired) electrons. The molecule has 1 aliphatic rings. The van der Waals surface area contributed by atoms with Gasteiger partial charge in [-0.3, -0.25) is 0 Å². The first-order valence-corrected chi connectivity index (χ1v) is 9.31. The van der Waals surface area contributed by atoms with Gasteiger partial charge in [-0.25, -0.2) is 8.42 Å². The Hall–Kier alpha value is -0.690. The molecule has 0 aromatic heterocycles. The van der Waals surface area contributed by atoms with Gasteiger partial charge >= 0.3 is 0 Å². The van der Waals surface area contributed by atoms with E-state index in [4.69, 9.17) is 34.3 Å². The molecular formula is C14H18ClNO3S2. The van der Waals surface area contributed by atoms with Crippen LogP contribution in [0.15, 0.2) is 24.3 Å². The van der Waals surface area contributed by atoms with Crippen LogP contribution in [-0.4, -0.2) is 38.1 Å². The van der Waals surface area contributed by atoms with Crippen LogP contribution in [0.3, 0.4) is 0 Å². The molecule has 0 bridgehead atoms. The standard InChI is InChI=1S/C14H18ClNO3S2/c1-3-19-8-14(13(16)20)11(12(14)21(2,17)18)9-5-4-6-10(15)7-9/h4-7,11-12H,3,8H2,1-2H3,(H2,16,20)/t11-,12-,14+/m0/s1. The van der Waals surface area contributed by atoms with E-state index >= 15 is 0 Å². The van der Waals surface area contributed by atoms with Crippen molar-refractivity contribution in [2.75, 3.05) is 19.5 Å². The van der Waals surface area contributed by atoms with Crippen molar-refractivity contribution in [1.82, 2.24) is 0 Å². The third-order valence-corrected chi connectivity index (χ3v) is 6.16. The van der Waals surface area contributed by atoms with E-state index in [1.807, 2.05) is 13.0 Å². The molecule has 2 N–H and O–H groups in total. The zero-order chi connectivity index (χ0) is 15.8. The second-order valence-electron chi connectivity index (χ2n) is 5.32. The lowest BCUT2D eigenvalue weighted by atomic mass is 10.00. The number of sulfone groups is 1. The van der Waals surface area contributed by atoms with Gasteiger partial charge in [-0.05, 0) is 24.6 Å². The fraction of sp³-hybridized carbons (Fsp3) is 0.500. The Balaban J connectivity index is 2.49. The summed E-state index contributed by atoms with van der Waals surface area (Å²) < 4.78 is 29.7. The van der Waals surface area contributed by atoms with Gasteiger partial charge in [-0.1, -0.05) is 36.0 Å². The van der Waals surface area contributed by atoms with Crippen LogP contribution in [0.1, 0.15) is 18.4 Å². The SMILES string of the molecule is CCOC[C@@]1(C(N)=S)[C@@H](c2cccc(Cl)c2)[C@@H]1S(C)(=O)=O. The summed E-state index contributed by atoms with van der Waals surface area (Å²) in [6.07, 6.45) is 1.21. The molecule has 0 unspecified atom stereocenters. The Labute approximate surface area is 135 Å². The highest BCUT2D eigenvalue weighted by atomic mass is 35.5. The summed E-state index contributed by atoms with van der Waals surface area (Å²) in [5.74, 6) is -0.310. The molecule has 3 atom stereocenters. The van der Waals surface area contributed by atoms with E-state index in [1.165, 1.54) is 6.26 Å². The Morgan fingerprint density at radius 1 is 1.52 bits per heavy atom. The lowest BCUT2D eigenvalue weighted by Gasteiger charge is -2.16. The van der Waals surface area contributed by atoms with Gasteiger partial charge in [-0.15, -0.1) is 0 Å². The van der Waals surface area contributed by atoms with Crippen molar-refractivity contribution in [3.05, 3.63) is 34.9 Å². The molecule has 0 spiro atoms. The summed E-state index contributed by atoms with van der Waals surface area (Å²) in [6.45, 7) is 2.52. The molecule has 4 nitrogen and oxygen atoms in total. The average Bonchev–Trinajstić information content (AvgIpc) is 3.07. The summed E-state index contributed by atoms with van der Waals surface area (Å²) >= 11 is 11.2. The highest BCUT2D eigenvalue weighted by Gasteiger charge is 2.71. The maximum atomic E-state index is 12.1. The highest BCUT2D eigenvalue weighted by Crippen LogP contribution is 2.63. The molecule has 0 heterocycles. The number of benzene rings is 1. The lowest BCUT2D eigenvalue weighted by molar-refractivity contribution is 0.121. The molecule has 0 amide bonds. The van der Waals surface area contributed by atoms with Gasteiger partial charge in [0, 0.05) is 23.8 Å². The van der Waals surface area contributed by atoms with Gasteiger partial charge in [0.15, 0.2) is 9.84 Å². The third-order valence-electron chi connectivity index (χ3n) is 3.93. The Morgan fingerprint density at radius 3 is 2.67 bits per heavy atom. The molecule has 116 valence electrons. The first-order valence-electron chi connectivity index (χ1n) is 6.57. The van der Waals surface area contributed by atoms with E-state index in [1.54, 1.807) is 18.2 Å². The molecule has 1 aromatic rings. The third kappa shape index (κ3) is 2.95. The largest absolute Gasteiger partial charge is 0.393 e. The van der Waals surface area contributed by atoms with E-state index in [-0.39, 0.29) is 17.5 Å². The van der Waals surface area contributed by atoms with Gasteiger partial charge in [-0.2, -0.15) is 0 Å². The van der Waals surface area contributed by atoms with Crippen molar-refractivity contribution in [3.63, 3.8) is 0 Å². The van der Waals surface area contributed by atoms with Crippen LogP contribution in [0.2, 0.25) is 5.02 Å². The fourth-order valence-corrected chi connectivity index (χ4v) is 5.52. The number of halogens is 1. The zero-order valence-electron chi connectivity index (χ0n) is 11.9. The van der Waals surface area contributed by atoms with Crippen LogP contribution < -0.4 is 5.73 Å². The van der Waals surface area contributed by atoms with E-state index in [0.29, 0.717) is 11.6 Å². The zero-order valence-corrected chi connectivity index (χ0v) is 14.3.